The molecule has 4 nitrogen and oxygen atoms in total. The van der Waals surface area contributed by atoms with Crippen LogP contribution in [0.25, 0.3) is 0 Å². The summed E-state index contributed by atoms with van der Waals surface area (Å²) in [6.07, 6.45) is 3.66. The monoisotopic (exact) mass is 261 g/mol. The summed E-state index contributed by atoms with van der Waals surface area (Å²) >= 11 is 0. The molecule has 4 heteroatoms. The van der Waals surface area contributed by atoms with Gasteiger partial charge >= 0.3 is 0 Å². The average molecular weight is 261 g/mol. The van der Waals surface area contributed by atoms with Crippen LogP contribution in [0.3, 0.4) is 0 Å². The van der Waals surface area contributed by atoms with Crippen molar-refractivity contribution in [2.75, 3.05) is 4.90 Å². The van der Waals surface area contributed by atoms with E-state index in [1.54, 1.807) is 12.3 Å². The van der Waals surface area contributed by atoms with Crippen LogP contribution in [0.5, 0.6) is 0 Å². The van der Waals surface area contributed by atoms with Crippen molar-refractivity contribution in [1.82, 2.24) is 4.98 Å². The summed E-state index contributed by atoms with van der Waals surface area (Å²) < 4.78 is 0. The minimum Gasteiger partial charge on any atom is -0.288 e. The highest BCUT2D eigenvalue weighted by molar-refractivity contribution is 6.16. The molecule has 0 aliphatic rings. The molecule has 1 N–H and O–H groups in total. The van der Waals surface area contributed by atoms with Crippen molar-refractivity contribution in [3.8, 4) is 0 Å². The van der Waals surface area contributed by atoms with E-state index in [0.717, 1.165) is 17.8 Å². The van der Waals surface area contributed by atoms with Gasteiger partial charge in [0.15, 0.2) is 0 Å². The third-order valence-electron chi connectivity index (χ3n) is 3.29. The number of amides is 1. The second-order valence-corrected chi connectivity index (χ2v) is 4.85. The SMILES string of the molecule is CCC(=N)N(C(=O)C[C@H](C)CC)c1cccnc1C. The van der Waals surface area contributed by atoms with Crippen molar-refractivity contribution in [3.05, 3.63) is 24.0 Å². The molecule has 0 radical (unpaired) electrons. The van der Waals surface area contributed by atoms with Gasteiger partial charge in [0.25, 0.3) is 0 Å². The fourth-order valence-electron chi connectivity index (χ4n) is 1.83. The molecule has 0 aromatic carbocycles. The van der Waals surface area contributed by atoms with E-state index >= 15 is 0 Å². The van der Waals surface area contributed by atoms with Gasteiger partial charge in [-0.3, -0.25) is 20.1 Å². The summed E-state index contributed by atoms with van der Waals surface area (Å²) in [6.45, 7) is 7.88. The zero-order valence-electron chi connectivity index (χ0n) is 12.2. The van der Waals surface area contributed by atoms with Gasteiger partial charge in [0.2, 0.25) is 5.91 Å². The number of aromatic nitrogens is 1. The van der Waals surface area contributed by atoms with Gasteiger partial charge in [-0.1, -0.05) is 27.2 Å². The van der Waals surface area contributed by atoms with Crippen LogP contribution >= 0.6 is 0 Å². The molecule has 1 rings (SSSR count). The Morgan fingerprint density at radius 3 is 2.68 bits per heavy atom. The number of hydrogen-bond acceptors (Lipinski definition) is 3. The molecule has 0 aliphatic carbocycles. The average Bonchev–Trinajstić information content (AvgIpc) is 2.40. The summed E-state index contributed by atoms with van der Waals surface area (Å²) in [5, 5.41) is 8.04. The molecule has 0 saturated carbocycles. The van der Waals surface area contributed by atoms with E-state index in [2.05, 4.69) is 18.8 Å². The van der Waals surface area contributed by atoms with E-state index < -0.39 is 0 Å². The largest absolute Gasteiger partial charge is 0.288 e. The Morgan fingerprint density at radius 1 is 1.47 bits per heavy atom. The van der Waals surface area contributed by atoms with Crippen LogP contribution in [0.1, 0.15) is 45.7 Å². The molecule has 1 atom stereocenters. The molecule has 1 heterocycles. The van der Waals surface area contributed by atoms with Gasteiger partial charge in [0.05, 0.1) is 11.4 Å². The summed E-state index contributed by atoms with van der Waals surface area (Å²) in [6, 6.07) is 3.65. The van der Waals surface area contributed by atoms with Gasteiger partial charge in [-0.15, -0.1) is 0 Å². The molecule has 0 unspecified atom stereocenters. The predicted octanol–water partition coefficient (Wildman–Crippen LogP) is 3.55. The molecule has 0 spiro atoms. The Bertz CT molecular complexity index is 456. The van der Waals surface area contributed by atoms with Crippen LogP contribution in [0.4, 0.5) is 5.69 Å². The minimum atomic E-state index is -0.0164. The predicted molar refractivity (Wildman–Crippen MR) is 78.5 cm³/mol. The topological polar surface area (TPSA) is 57.1 Å². The summed E-state index contributed by atoms with van der Waals surface area (Å²) in [4.78, 5) is 18.1. The molecule has 104 valence electrons. The van der Waals surface area contributed by atoms with Crippen LogP contribution in [-0.4, -0.2) is 16.7 Å². The van der Waals surface area contributed by atoms with E-state index in [1.165, 1.54) is 4.90 Å². The second-order valence-electron chi connectivity index (χ2n) is 4.85. The fourth-order valence-corrected chi connectivity index (χ4v) is 1.83. The summed E-state index contributed by atoms with van der Waals surface area (Å²) in [5.74, 6) is 0.637. The van der Waals surface area contributed by atoms with Gasteiger partial charge in [-0.05, 0) is 25.0 Å². The fraction of sp³-hybridized carbons (Fsp3) is 0.533. The number of pyridine rings is 1. The molecular weight excluding hydrogens is 238 g/mol. The number of hydrogen-bond donors (Lipinski definition) is 1. The zero-order chi connectivity index (χ0) is 14.4. The van der Waals surface area contributed by atoms with Gasteiger partial charge in [0.1, 0.15) is 5.84 Å². The lowest BCUT2D eigenvalue weighted by Gasteiger charge is -2.25. The first-order chi connectivity index (χ1) is 9.01. The maximum absolute atomic E-state index is 12.4. The Hall–Kier alpha value is -1.71. The molecule has 19 heavy (non-hydrogen) atoms. The van der Waals surface area contributed by atoms with Crippen molar-refractivity contribution in [2.24, 2.45) is 5.92 Å². The Balaban J connectivity index is 3.06. The Morgan fingerprint density at radius 2 is 2.16 bits per heavy atom. The molecule has 1 aromatic heterocycles. The van der Waals surface area contributed by atoms with E-state index in [1.807, 2.05) is 19.9 Å². The van der Waals surface area contributed by atoms with Crippen LogP contribution < -0.4 is 4.90 Å². The first kappa shape index (κ1) is 15.3. The molecular formula is C15H23N3O. The smallest absolute Gasteiger partial charge is 0.232 e. The van der Waals surface area contributed by atoms with Gasteiger partial charge in [-0.2, -0.15) is 0 Å². The molecule has 0 saturated heterocycles. The maximum atomic E-state index is 12.4. The lowest BCUT2D eigenvalue weighted by Crippen LogP contribution is -2.37. The summed E-state index contributed by atoms with van der Waals surface area (Å²) in [5.41, 5.74) is 1.50. The van der Waals surface area contributed by atoms with Crippen molar-refractivity contribution in [3.63, 3.8) is 0 Å². The third kappa shape index (κ3) is 3.88. The van der Waals surface area contributed by atoms with Crippen molar-refractivity contribution >= 4 is 17.4 Å². The maximum Gasteiger partial charge on any atom is 0.232 e. The Kier molecular flexibility index (Phi) is 5.67. The number of aryl methyl sites for hydroxylation is 1. The molecule has 0 fully saturated rings. The quantitative estimate of drug-likeness (QED) is 0.651. The van der Waals surface area contributed by atoms with Crippen molar-refractivity contribution in [2.45, 2.75) is 47.0 Å². The highest BCUT2D eigenvalue weighted by atomic mass is 16.2. The van der Waals surface area contributed by atoms with E-state index in [0.29, 0.717) is 24.6 Å². The number of rotatable bonds is 5. The molecule has 1 aromatic rings. The van der Waals surface area contributed by atoms with Gasteiger partial charge < -0.3 is 0 Å². The van der Waals surface area contributed by atoms with Crippen LogP contribution in [0, 0.1) is 18.3 Å². The first-order valence-corrected chi connectivity index (χ1v) is 6.83. The first-order valence-electron chi connectivity index (χ1n) is 6.83. The van der Waals surface area contributed by atoms with E-state index in [4.69, 9.17) is 5.41 Å². The number of anilines is 1. The number of amidine groups is 1. The lowest BCUT2D eigenvalue weighted by atomic mass is 10.0. The van der Waals surface area contributed by atoms with E-state index in [9.17, 15) is 4.79 Å². The molecule has 1 amide bonds. The molecule has 0 aliphatic heterocycles. The van der Waals surface area contributed by atoms with Crippen molar-refractivity contribution in [1.29, 1.82) is 5.41 Å². The number of carbonyl (C=O) groups is 1. The zero-order valence-corrected chi connectivity index (χ0v) is 12.2. The standard InChI is InChI=1S/C15H23N3O/c1-5-11(3)10-15(19)18(14(16)6-2)13-8-7-9-17-12(13)4/h7-9,11,16H,5-6,10H2,1-4H3/t11-/m1/s1. The second kappa shape index (κ2) is 7.02. The highest BCUT2D eigenvalue weighted by Crippen LogP contribution is 2.21. The van der Waals surface area contributed by atoms with Gasteiger partial charge in [0, 0.05) is 19.0 Å². The van der Waals surface area contributed by atoms with E-state index in [-0.39, 0.29) is 5.91 Å². The number of nitrogens with one attached hydrogen (secondary N) is 1. The molecule has 0 bridgehead atoms. The summed E-state index contributed by atoms with van der Waals surface area (Å²) in [7, 11) is 0. The number of nitrogens with zero attached hydrogens (tertiary/aromatic N) is 2. The van der Waals surface area contributed by atoms with Crippen LogP contribution in [0.15, 0.2) is 18.3 Å². The van der Waals surface area contributed by atoms with Crippen molar-refractivity contribution < 1.29 is 4.79 Å². The number of carbonyl (C=O) groups excluding carboxylic acids is 1. The highest BCUT2D eigenvalue weighted by Gasteiger charge is 2.22. The van der Waals surface area contributed by atoms with Gasteiger partial charge in [-0.25, -0.2) is 0 Å². The van der Waals surface area contributed by atoms with Crippen LogP contribution in [-0.2, 0) is 4.79 Å². The Labute approximate surface area is 115 Å². The lowest BCUT2D eigenvalue weighted by molar-refractivity contribution is -0.118. The third-order valence-corrected chi connectivity index (χ3v) is 3.29. The minimum absolute atomic E-state index is 0.0164. The van der Waals surface area contributed by atoms with Crippen LogP contribution in [0.2, 0.25) is 0 Å². The normalized spacial score (nSPS) is 12.0.